The fourth-order valence-electron chi connectivity index (χ4n) is 1.19. The third-order valence-electron chi connectivity index (χ3n) is 1.90. The summed E-state index contributed by atoms with van der Waals surface area (Å²) in [4.78, 5) is 26.1. The lowest BCUT2D eigenvalue weighted by Crippen LogP contribution is -2.12. The fraction of sp³-hybridized carbons (Fsp3) is 0. The Bertz CT molecular complexity index is 549. The van der Waals surface area contributed by atoms with Crippen molar-refractivity contribution in [2.45, 2.75) is 0 Å². The number of amides is 2. The first-order chi connectivity index (χ1) is 7.08. The van der Waals surface area contributed by atoms with Gasteiger partial charge in [0, 0.05) is 16.3 Å². The lowest BCUT2D eigenvalue weighted by molar-refractivity contribution is 0.0990. The van der Waals surface area contributed by atoms with E-state index in [2.05, 4.69) is 4.98 Å². The van der Waals surface area contributed by atoms with E-state index in [0.717, 1.165) is 10.1 Å². The molecule has 0 bridgehead atoms. The first kappa shape index (κ1) is 9.60. The smallest absolute Gasteiger partial charge is 0.267 e. The molecule has 0 fully saturated rings. The van der Waals surface area contributed by atoms with Crippen molar-refractivity contribution in [1.82, 2.24) is 4.98 Å². The second-order valence-corrected chi connectivity index (χ2v) is 4.03. The molecule has 2 rings (SSSR count). The molecule has 0 saturated heterocycles. The van der Waals surface area contributed by atoms with Crippen LogP contribution < -0.4 is 11.5 Å². The van der Waals surface area contributed by atoms with Crippen LogP contribution in [0.4, 0.5) is 0 Å². The number of carbonyl (C=O) groups excluding carboxylic acids is 2. The number of rotatable bonds is 2. The van der Waals surface area contributed by atoms with Gasteiger partial charge in [0.1, 0.15) is 5.69 Å². The van der Waals surface area contributed by atoms with E-state index in [1.807, 2.05) is 0 Å². The van der Waals surface area contributed by atoms with Gasteiger partial charge in [-0.2, -0.15) is 0 Å². The van der Waals surface area contributed by atoms with Crippen LogP contribution in [-0.4, -0.2) is 16.8 Å². The number of hydrogen-bond donors (Lipinski definition) is 2. The highest BCUT2D eigenvalue weighted by molar-refractivity contribution is 7.20. The minimum Gasteiger partial charge on any atom is -0.365 e. The maximum atomic E-state index is 10.9. The third-order valence-corrected chi connectivity index (χ3v) is 3.01. The van der Waals surface area contributed by atoms with Crippen LogP contribution >= 0.6 is 11.3 Å². The van der Waals surface area contributed by atoms with Crippen molar-refractivity contribution < 1.29 is 9.59 Å². The van der Waals surface area contributed by atoms with Gasteiger partial charge < -0.3 is 11.5 Å². The number of fused-ring (bicyclic) bond motifs is 1. The normalized spacial score (nSPS) is 10.4. The summed E-state index contributed by atoms with van der Waals surface area (Å²) in [5.41, 5.74) is 10.4. The molecule has 0 radical (unpaired) electrons. The maximum Gasteiger partial charge on any atom is 0.267 e. The van der Waals surface area contributed by atoms with Gasteiger partial charge in [-0.1, -0.05) is 0 Å². The molecule has 2 amide bonds. The van der Waals surface area contributed by atoms with Crippen LogP contribution in [0.25, 0.3) is 10.1 Å². The van der Waals surface area contributed by atoms with Crippen LogP contribution in [0.2, 0.25) is 0 Å². The summed E-state index contributed by atoms with van der Waals surface area (Å²) in [5.74, 6) is -1.08. The van der Waals surface area contributed by atoms with Crippen molar-refractivity contribution >= 4 is 33.2 Å². The first-order valence-electron chi connectivity index (χ1n) is 4.07. The molecule has 0 aliphatic heterocycles. The van der Waals surface area contributed by atoms with Gasteiger partial charge in [0.25, 0.3) is 11.8 Å². The van der Waals surface area contributed by atoms with E-state index in [0.29, 0.717) is 4.88 Å². The van der Waals surface area contributed by atoms with Crippen LogP contribution in [0, 0.1) is 0 Å². The molecule has 2 aromatic rings. The number of thiophene rings is 1. The summed E-state index contributed by atoms with van der Waals surface area (Å²) in [6.45, 7) is 0. The number of primary amides is 2. The van der Waals surface area contributed by atoms with Crippen molar-refractivity contribution in [2.75, 3.05) is 0 Å². The Morgan fingerprint density at radius 1 is 1.20 bits per heavy atom. The van der Waals surface area contributed by atoms with Gasteiger partial charge in [-0.05, 0) is 12.1 Å². The van der Waals surface area contributed by atoms with Crippen molar-refractivity contribution in [2.24, 2.45) is 11.5 Å². The molecule has 6 heteroatoms. The average molecular weight is 221 g/mol. The van der Waals surface area contributed by atoms with E-state index in [9.17, 15) is 9.59 Å². The molecule has 76 valence electrons. The van der Waals surface area contributed by atoms with Gasteiger partial charge >= 0.3 is 0 Å². The van der Waals surface area contributed by atoms with Gasteiger partial charge in [0.05, 0.1) is 4.88 Å². The lowest BCUT2D eigenvalue weighted by atomic mass is 10.3. The largest absolute Gasteiger partial charge is 0.365 e. The van der Waals surface area contributed by atoms with Crippen LogP contribution in [0.15, 0.2) is 18.3 Å². The first-order valence-corrected chi connectivity index (χ1v) is 4.89. The Kier molecular flexibility index (Phi) is 2.12. The number of carbonyl (C=O) groups is 2. The Labute approximate surface area is 88.7 Å². The highest BCUT2D eigenvalue weighted by atomic mass is 32.1. The monoisotopic (exact) mass is 221 g/mol. The molecular formula is C9H7N3O2S. The number of nitrogens with two attached hydrogens (primary N) is 2. The molecule has 0 saturated carbocycles. The molecule has 2 aromatic heterocycles. The molecule has 0 atom stereocenters. The molecule has 4 N–H and O–H groups in total. The summed E-state index contributed by atoms with van der Waals surface area (Å²) >= 11 is 1.21. The molecule has 0 aromatic carbocycles. The van der Waals surface area contributed by atoms with Gasteiger partial charge in [0.2, 0.25) is 0 Å². The van der Waals surface area contributed by atoms with Crippen LogP contribution in [0.1, 0.15) is 20.2 Å². The van der Waals surface area contributed by atoms with Crippen molar-refractivity contribution in [1.29, 1.82) is 0 Å². The Morgan fingerprint density at radius 3 is 2.53 bits per heavy atom. The van der Waals surface area contributed by atoms with E-state index >= 15 is 0 Å². The zero-order chi connectivity index (χ0) is 11.0. The quantitative estimate of drug-likeness (QED) is 0.772. The van der Waals surface area contributed by atoms with Gasteiger partial charge in [-0.25, -0.2) is 0 Å². The van der Waals surface area contributed by atoms with Crippen LogP contribution in [-0.2, 0) is 0 Å². The zero-order valence-corrected chi connectivity index (χ0v) is 8.38. The fourth-order valence-corrected chi connectivity index (χ4v) is 2.11. The molecule has 0 unspecified atom stereocenters. The van der Waals surface area contributed by atoms with Gasteiger partial charge in [-0.3, -0.25) is 14.6 Å². The summed E-state index contributed by atoms with van der Waals surface area (Å²) in [5, 5.41) is 0.777. The van der Waals surface area contributed by atoms with Gasteiger partial charge in [0.15, 0.2) is 0 Å². The van der Waals surface area contributed by atoms with Crippen molar-refractivity contribution in [3.63, 3.8) is 0 Å². The minimum atomic E-state index is -0.592. The van der Waals surface area contributed by atoms with E-state index in [1.54, 1.807) is 12.1 Å². The molecule has 15 heavy (non-hydrogen) atoms. The second kappa shape index (κ2) is 3.32. The topological polar surface area (TPSA) is 99.1 Å². The average Bonchev–Trinajstić information content (AvgIpc) is 2.59. The molecule has 2 heterocycles. The van der Waals surface area contributed by atoms with E-state index in [-0.39, 0.29) is 5.69 Å². The maximum absolute atomic E-state index is 10.9. The Morgan fingerprint density at radius 2 is 1.93 bits per heavy atom. The van der Waals surface area contributed by atoms with Gasteiger partial charge in [-0.15, -0.1) is 11.3 Å². The SMILES string of the molecule is NC(=O)c1cc2sc(C(N)=O)cc2cn1. The predicted octanol–water partition coefficient (Wildman–Crippen LogP) is 0.494. The number of aromatic nitrogens is 1. The molecule has 5 nitrogen and oxygen atoms in total. The predicted molar refractivity (Wildman–Crippen MR) is 56.7 cm³/mol. The van der Waals surface area contributed by atoms with E-state index < -0.39 is 11.8 Å². The number of nitrogens with zero attached hydrogens (tertiary/aromatic N) is 1. The van der Waals surface area contributed by atoms with Crippen molar-refractivity contribution in [3.05, 3.63) is 28.9 Å². The van der Waals surface area contributed by atoms with E-state index in [4.69, 9.17) is 11.5 Å². The second-order valence-electron chi connectivity index (χ2n) is 2.95. The summed E-state index contributed by atoms with van der Waals surface area (Å²) in [6.07, 6.45) is 1.50. The molecule has 0 spiro atoms. The van der Waals surface area contributed by atoms with E-state index in [1.165, 1.54) is 17.5 Å². The standard InChI is InChI=1S/C9H7N3O2S/c10-8(13)5-2-6-4(3-12-5)1-7(15-6)9(11)14/h1-3H,(H2,10,13)(H2,11,14). The molecule has 0 aliphatic rings. The molecule has 0 aliphatic carbocycles. The number of pyridine rings is 1. The van der Waals surface area contributed by atoms with Crippen molar-refractivity contribution in [3.8, 4) is 0 Å². The lowest BCUT2D eigenvalue weighted by Gasteiger charge is -1.92. The number of hydrogen-bond acceptors (Lipinski definition) is 4. The summed E-state index contributed by atoms with van der Waals surface area (Å²) in [6, 6.07) is 3.19. The summed E-state index contributed by atoms with van der Waals surface area (Å²) in [7, 11) is 0. The zero-order valence-electron chi connectivity index (χ0n) is 7.56. The highest BCUT2D eigenvalue weighted by Gasteiger charge is 2.09. The highest BCUT2D eigenvalue weighted by Crippen LogP contribution is 2.25. The Balaban J connectivity index is 2.62. The van der Waals surface area contributed by atoms with Crippen LogP contribution in [0.3, 0.4) is 0 Å². The molecular weight excluding hydrogens is 214 g/mol. The minimum absolute atomic E-state index is 0.181. The van der Waals surface area contributed by atoms with Crippen LogP contribution in [0.5, 0.6) is 0 Å². The summed E-state index contributed by atoms with van der Waals surface area (Å²) < 4.78 is 0.771. The Hall–Kier alpha value is -1.95. The third kappa shape index (κ3) is 1.66.